The summed E-state index contributed by atoms with van der Waals surface area (Å²) in [5.74, 6) is 1.54. The smallest absolute Gasteiger partial charge is 0.122 e. The summed E-state index contributed by atoms with van der Waals surface area (Å²) in [6.45, 7) is 9.70. The van der Waals surface area contributed by atoms with Gasteiger partial charge >= 0.3 is 0 Å². The van der Waals surface area contributed by atoms with Crippen LogP contribution in [0.15, 0.2) is 18.2 Å². The van der Waals surface area contributed by atoms with Gasteiger partial charge in [-0.15, -0.1) is 0 Å². The Labute approximate surface area is 112 Å². The predicted octanol–water partition coefficient (Wildman–Crippen LogP) is 3.84. The zero-order valence-electron chi connectivity index (χ0n) is 12.4. The van der Waals surface area contributed by atoms with Gasteiger partial charge in [-0.25, -0.2) is 0 Å². The van der Waals surface area contributed by atoms with Crippen LogP contribution < -0.4 is 10.5 Å². The summed E-state index contributed by atoms with van der Waals surface area (Å²) in [5.41, 5.74) is 8.35. The molecule has 0 fully saturated rings. The van der Waals surface area contributed by atoms with Crippen LogP contribution >= 0.6 is 0 Å². The maximum atomic E-state index is 5.58. The van der Waals surface area contributed by atoms with Gasteiger partial charge in [0.2, 0.25) is 0 Å². The van der Waals surface area contributed by atoms with Crippen molar-refractivity contribution in [3.8, 4) is 5.75 Å². The zero-order chi connectivity index (χ0) is 13.8. The van der Waals surface area contributed by atoms with Gasteiger partial charge in [0, 0.05) is 0 Å². The molecule has 1 atom stereocenters. The average molecular weight is 249 g/mol. The number of nitrogens with two attached hydrogens (primary N) is 1. The summed E-state index contributed by atoms with van der Waals surface area (Å²) in [5, 5.41) is 0. The standard InChI is InChI=1S/C16H27NO/c1-12(7-6-10-17)13-8-9-15(18-5)14(11-13)16(2,3)4/h8-9,11-12H,6-7,10,17H2,1-5H3. The first-order valence-corrected chi connectivity index (χ1v) is 6.78. The monoisotopic (exact) mass is 249 g/mol. The summed E-state index contributed by atoms with van der Waals surface area (Å²) in [7, 11) is 1.74. The van der Waals surface area contributed by atoms with Gasteiger partial charge in [-0.05, 0) is 47.9 Å². The molecule has 0 saturated carbocycles. The fourth-order valence-corrected chi connectivity index (χ4v) is 2.21. The molecule has 0 bridgehead atoms. The van der Waals surface area contributed by atoms with Crippen LogP contribution in [0.1, 0.15) is 57.6 Å². The largest absolute Gasteiger partial charge is 0.496 e. The third-order valence-corrected chi connectivity index (χ3v) is 3.44. The molecule has 18 heavy (non-hydrogen) atoms. The van der Waals surface area contributed by atoms with Crippen molar-refractivity contribution >= 4 is 0 Å². The molecular weight excluding hydrogens is 222 g/mol. The predicted molar refractivity (Wildman–Crippen MR) is 78.4 cm³/mol. The van der Waals surface area contributed by atoms with E-state index in [1.165, 1.54) is 11.1 Å². The fraction of sp³-hybridized carbons (Fsp3) is 0.625. The highest BCUT2D eigenvalue weighted by Crippen LogP contribution is 2.34. The Balaban J connectivity index is 3.03. The number of ether oxygens (including phenoxy) is 1. The lowest BCUT2D eigenvalue weighted by atomic mass is 9.83. The molecule has 2 heteroatoms. The number of benzene rings is 1. The van der Waals surface area contributed by atoms with Crippen LogP contribution in [0.5, 0.6) is 5.75 Å². The van der Waals surface area contributed by atoms with Crippen molar-refractivity contribution in [1.29, 1.82) is 0 Å². The molecule has 0 spiro atoms. The SMILES string of the molecule is COc1ccc(C(C)CCCN)cc1C(C)(C)C. The lowest BCUT2D eigenvalue weighted by molar-refractivity contribution is 0.397. The number of methoxy groups -OCH3 is 1. The Morgan fingerprint density at radius 3 is 2.44 bits per heavy atom. The molecule has 0 aromatic heterocycles. The minimum Gasteiger partial charge on any atom is -0.496 e. The van der Waals surface area contributed by atoms with Crippen LogP contribution in [0.4, 0.5) is 0 Å². The second-order valence-electron chi connectivity index (χ2n) is 6.04. The minimum absolute atomic E-state index is 0.106. The van der Waals surface area contributed by atoms with E-state index < -0.39 is 0 Å². The molecule has 1 aromatic carbocycles. The second-order valence-corrected chi connectivity index (χ2v) is 6.04. The lowest BCUT2D eigenvalue weighted by Crippen LogP contribution is -2.14. The van der Waals surface area contributed by atoms with Crippen LogP contribution in [-0.2, 0) is 5.41 Å². The van der Waals surface area contributed by atoms with Gasteiger partial charge in [-0.1, -0.05) is 39.8 Å². The van der Waals surface area contributed by atoms with Crippen molar-refractivity contribution in [2.45, 2.75) is 51.9 Å². The zero-order valence-corrected chi connectivity index (χ0v) is 12.4. The molecule has 1 aromatic rings. The van der Waals surface area contributed by atoms with E-state index in [1.54, 1.807) is 7.11 Å². The average Bonchev–Trinajstić information content (AvgIpc) is 2.34. The van der Waals surface area contributed by atoms with Gasteiger partial charge in [0.05, 0.1) is 7.11 Å². The maximum absolute atomic E-state index is 5.58. The minimum atomic E-state index is 0.106. The first-order valence-electron chi connectivity index (χ1n) is 6.78. The van der Waals surface area contributed by atoms with Crippen LogP contribution in [-0.4, -0.2) is 13.7 Å². The van der Waals surface area contributed by atoms with Gasteiger partial charge in [-0.2, -0.15) is 0 Å². The van der Waals surface area contributed by atoms with E-state index in [0.717, 1.165) is 25.1 Å². The fourth-order valence-electron chi connectivity index (χ4n) is 2.21. The van der Waals surface area contributed by atoms with E-state index in [9.17, 15) is 0 Å². The molecule has 0 heterocycles. The molecule has 0 aliphatic heterocycles. The number of hydrogen-bond acceptors (Lipinski definition) is 2. The van der Waals surface area contributed by atoms with Gasteiger partial charge in [-0.3, -0.25) is 0 Å². The number of rotatable bonds is 5. The van der Waals surface area contributed by atoms with Crippen molar-refractivity contribution in [2.75, 3.05) is 13.7 Å². The molecule has 0 aliphatic rings. The van der Waals surface area contributed by atoms with Crippen molar-refractivity contribution in [1.82, 2.24) is 0 Å². The van der Waals surface area contributed by atoms with Crippen molar-refractivity contribution in [3.05, 3.63) is 29.3 Å². The van der Waals surface area contributed by atoms with Crippen LogP contribution in [0, 0.1) is 0 Å². The summed E-state index contributed by atoms with van der Waals surface area (Å²) < 4.78 is 5.47. The van der Waals surface area contributed by atoms with Crippen molar-refractivity contribution < 1.29 is 4.74 Å². The molecule has 0 saturated heterocycles. The van der Waals surface area contributed by atoms with Gasteiger partial charge in [0.25, 0.3) is 0 Å². The Bertz CT molecular complexity index is 379. The van der Waals surface area contributed by atoms with Crippen molar-refractivity contribution in [3.63, 3.8) is 0 Å². The molecule has 0 radical (unpaired) electrons. The maximum Gasteiger partial charge on any atom is 0.122 e. The summed E-state index contributed by atoms with van der Waals surface area (Å²) in [6.07, 6.45) is 2.23. The van der Waals surface area contributed by atoms with Gasteiger partial charge in [0.1, 0.15) is 5.75 Å². The molecule has 0 amide bonds. The van der Waals surface area contributed by atoms with Crippen LogP contribution in [0.25, 0.3) is 0 Å². The highest BCUT2D eigenvalue weighted by molar-refractivity contribution is 5.42. The van der Waals surface area contributed by atoms with E-state index in [0.29, 0.717) is 5.92 Å². The molecule has 102 valence electrons. The first-order chi connectivity index (χ1) is 8.40. The van der Waals surface area contributed by atoms with E-state index >= 15 is 0 Å². The Kier molecular flexibility index (Phi) is 5.21. The molecule has 2 nitrogen and oxygen atoms in total. The second kappa shape index (κ2) is 6.24. The van der Waals surface area contributed by atoms with Crippen LogP contribution in [0.2, 0.25) is 0 Å². The first kappa shape index (κ1) is 15.0. The van der Waals surface area contributed by atoms with Gasteiger partial charge < -0.3 is 10.5 Å². The lowest BCUT2D eigenvalue weighted by Gasteiger charge is -2.24. The summed E-state index contributed by atoms with van der Waals surface area (Å²) in [4.78, 5) is 0. The van der Waals surface area contributed by atoms with E-state index in [-0.39, 0.29) is 5.41 Å². The quantitative estimate of drug-likeness (QED) is 0.860. The van der Waals surface area contributed by atoms with Crippen LogP contribution in [0.3, 0.4) is 0 Å². The molecule has 1 unspecified atom stereocenters. The number of hydrogen-bond donors (Lipinski definition) is 1. The Morgan fingerprint density at radius 1 is 1.28 bits per heavy atom. The van der Waals surface area contributed by atoms with Gasteiger partial charge in [0.15, 0.2) is 0 Å². The highest BCUT2D eigenvalue weighted by Gasteiger charge is 2.20. The van der Waals surface area contributed by atoms with E-state index in [4.69, 9.17) is 10.5 Å². The molecule has 2 N–H and O–H groups in total. The summed E-state index contributed by atoms with van der Waals surface area (Å²) >= 11 is 0. The molecular formula is C16H27NO. The Hall–Kier alpha value is -1.02. The molecule has 0 aliphatic carbocycles. The third kappa shape index (κ3) is 3.74. The summed E-state index contributed by atoms with van der Waals surface area (Å²) in [6, 6.07) is 6.56. The van der Waals surface area contributed by atoms with E-state index in [1.807, 2.05) is 0 Å². The third-order valence-electron chi connectivity index (χ3n) is 3.44. The highest BCUT2D eigenvalue weighted by atomic mass is 16.5. The Morgan fingerprint density at radius 2 is 1.94 bits per heavy atom. The topological polar surface area (TPSA) is 35.2 Å². The molecule has 1 rings (SSSR count). The van der Waals surface area contributed by atoms with Crippen molar-refractivity contribution in [2.24, 2.45) is 5.73 Å². The van der Waals surface area contributed by atoms with E-state index in [2.05, 4.69) is 45.9 Å². The normalized spacial score (nSPS) is 13.4.